The number of aromatic hydroxyl groups is 1. The summed E-state index contributed by atoms with van der Waals surface area (Å²) in [6.45, 7) is 6.60. The average molecular weight is 402 g/mol. The predicted molar refractivity (Wildman–Crippen MR) is 106 cm³/mol. The minimum Gasteiger partial charge on any atom is -0.507 e. The van der Waals surface area contributed by atoms with Gasteiger partial charge in [0.15, 0.2) is 6.17 Å². The van der Waals surface area contributed by atoms with Crippen LogP contribution in [0.15, 0.2) is 53.0 Å². The average Bonchev–Trinajstić information content (AvgIpc) is 2.63. The van der Waals surface area contributed by atoms with Crippen LogP contribution in [0.3, 0.4) is 0 Å². The summed E-state index contributed by atoms with van der Waals surface area (Å²) >= 11 is 3.52. The smallest absolute Gasteiger partial charge is 0.162 e. The van der Waals surface area contributed by atoms with E-state index in [9.17, 15) is 5.11 Å². The molecule has 1 aliphatic rings. The van der Waals surface area contributed by atoms with E-state index in [1.54, 1.807) is 6.07 Å². The normalized spacial score (nSPS) is 20.3. The third kappa shape index (κ3) is 4.07. The summed E-state index contributed by atoms with van der Waals surface area (Å²) in [7, 11) is 0. The van der Waals surface area contributed by atoms with Gasteiger partial charge >= 0.3 is 0 Å². The molecule has 3 nitrogen and oxygen atoms in total. The molecule has 2 aromatic rings. The number of aryl methyl sites for hydroxylation is 1. The largest absolute Gasteiger partial charge is 0.507 e. The number of hydrogen-bond acceptors (Lipinski definition) is 2. The van der Waals surface area contributed by atoms with Gasteiger partial charge in [-0.15, -0.1) is 0 Å². The van der Waals surface area contributed by atoms with E-state index in [-0.39, 0.29) is 12.2 Å². The molecular weight excluding hydrogens is 376 g/mol. The number of quaternary nitrogens is 1. The van der Waals surface area contributed by atoms with E-state index in [2.05, 4.69) is 77.7 Å². The van der Waals surface area contributed by atoms with Crippen molar-refractivity contribution in [2.75, 3.05) is 0 Å². The predicted octanol–water partition coefficient (Wildman–Crippen LogP) is 3.95. The molecule has 4 heteroatoms. The minimum absolute atomic E-state index is 0.0759. The highest BCUT2D eigenvalue weighted by Crippen LogP contribution is 2.30. The van der Waals surface area contributed by atoms with E-state index in [1.807, 2.05) is 12.1 Å². The first-order valence-electron chi connectivity index (χ1n) is 8.89. The van der Waals surface area contributed by atoms with Crippen LogP contribution in [0.4, 0.5) is 0 Å². The van der Waals surface area contributed by atoms with Crippen molar-refractivity contribution >= 4 is 21.6 Å². The van der Waals surface area contributed by atoms with Crippen molar-refractivity contribution in [1.29, 1.82) is 0 Å². The second kappa shape index (κ2) is 7.63. The van der Waals surface area contributed by atoms with Gasteiger partial charge in [-0.25, -0.2) is 0 Å². The van der Waals surface area contributed by atoms with Crippen molar-refractivity contribution in [3.63, 3.8) is 0 Å². The first-order valence-corrected chi connectivity index (χ1v) is 9.68. The second-order valence-electron chi connectivity index (χ2n) is 6.97. The van der Waals surface area contributed by atoms with Gasteiger partial charge in [0.25, 0.3) is 0 Å². The topological polar surface area (TPSA) is 48.9 Å². The van der Waals surface area contributed by atoms with Crippen molar-refractivity contribution in [2.24, 2.45) is 5.92 Å². The first-order chi connectivity index (χ1) is 12.0. The van der Waals surface area contributed by atoms with Gasteiger partial charge in [-0.1, -0.05) is 61.0 Å². The van der Waals surface area contributed by atoms with Crippen molar-refractivity contribution < 1.29 is 10.4 Å². The molecule has 1 aliphatic heterocycles. The van der Waals surface area contributed by atoms with Gasteiger partial charge in [0.1, 0.15) is 11.8 Å². The summed E-state index contributed by atoms with van der Waals surface area (Å²) < 4.78 is 0.982. The Bertz CT molecular complexity index is 768. The number of nitrogens with one attached hydrogen (secondary N) is 1. The fraction of sp³-hybridized carbons (Fsp3) is 0.333. The number of phenolic OH excluding ortho intramolecular Hbond substituents is 1. The molecule has 0 bridgehead atoms. The lowest BCUT2D eigenvalue weighted by atomic mass is 9.96. The zero-order valence-corrected chi connectivity index (χ0v) is 16.5. The molecule has 2 unspecified atom stereocenters. The lowest BCUT2D eigenvalue weighted by Crippen LogP contribution is -2.96. The molecule has 0 aliphatic carbocycles. The van der Waals surface area contributed by atoms with Gasteiger partial charge in [-0.2, -0.15) is 0 Å². The number of hydrogen-bond donors (Lipinski definition) is 3. The van der Waals surface area contributed by atoms with E-state index in [0.29, 0.717) is 11.7 Å². The summed E-state index contributed by atoms with van der Waals surface area (Å²) in [5.74, 6) is 0.807. The molecule has 0 saturated heterocycles. The fourth-order valence-corrected chi connectivity index (χ4v) is 3.59. The first kappa shape index (κ1) is 18.0. The Morgan fingerprint density at radius 1 is 1.16 bits per heavy atom. The number of nitrogens with two attached hydrogens (primary N) is 1. The van der Waals surface area contributed by atoms with Crippen molar-refractivity contribution in [3.05, 3.63) is 69.7 Å². The maximum absolute atomic E-state index is 10.3. The van der Waals surface area contributed by atoms with Crippen LogP contribution >= 0.6 is 15.9 Å². The lowest BCUT2D eigenvalue weighted by Gasteiger charge is -2.32. The van der Waals surface area contributed by atoms with Crippen LogP contribution in [0, 0.1) is 5.92 Å². The highest BCUT2D eigenvalue weighted by Gasteiger charge is 2.30. The van der Waals surface area contributed by atoms with Crippen LogP contribution in [0.1, 0.15) is 43.5 Å². The van der Waals surface area contributed by atoms with Gasteiger partial charge in [0.2, 0.25) is 0 Å². The van der Waals surface area contributed by atoms with E-state index < -0.39 is 0 Å². The Balaban J connectivity index is 2.00. The zero-order chi connectivity index (χ0) is 18.0. The lowest BCUT2D eigenvalue weighted by molar-refractivity contribution is -0.729. The molecule has 0 spiro atoms. The summed E-state index contributed by atoms with van der Waals surface area (Å²) in [6, 6.07) is 14.4. The number of rotatable bonds is 4. The van der Waals surface area contributed by atoms with E-state index in [0.717, 1.165) is 22.2 Å². The Labute approximate surface area is 158 Å². The van der Waals surface area contributed by atoms with E-state index in [1.165, 1.54) is 11.1 Å². The van der Waals surface area contributed by atoms with Gasteiger partial charge < -0.3 is 15.7 Å². The van der Waals surface area contributed by atoms with Gasteiger partial charge in [0, 0.05) is 22.2 Å². The van der Waals surface area contributed by atoms with Crippen LogP contribution < -0.4 is 10.6 Å². The molecule has 25 heavy (non-hydrogen) atoms. The molecule has 0 fully saturated rings. The molecule has 0 radical (unpaired) electrons. The third-order valence-electron chi connectivity index (χ3n) is 4.82. The van der Waals surface area contributed by atoms with Crippen LogP contribution in [0.25, 0.3) is 5.70 Å². The van der Waals surface area contributed by atoms with Crippen molar-refractivity contribution in [1.82, 2.24) is 5.32 Å². The molecule has 0 saturated carbocycles. The molecule has 1 heterocycles. The molecule has 2 atom stereocenters. The number of phenols is 1. The third-order valence-corrected chi connectivity index (χ3v) is 5.32. The molecule has 3 rings (SSSR count). The minimum atomic E-state index is 0.0759. The molecule has 0 amide bonds. The highest BCUT2D eigenvalue weighted by molar-refractivity contribution is 9.10. The quantitative estimate of drug-likeness (QED) is 0.726. The highest BCUT2D eigenvalue weighted by atomic mass is 79.9. The Hall–Kier alpha value is -1.78. The SMILES string of the molecule is CCc1ccc(C2=CC(c3cc(Br)ccc3O)[NH2+]C(C(C)C)N2)cc1. The summed E-state index contributed by atoms with van der Waals surface area (Å²) in [4.78, 5) is 0. The standard InChI is InChI=1S/C21H25BrN2O/c1-4-14-5-7-15(8-6-14)18-12-19(24-21(23-18)13(2)3)17-11-16(22)9-10-20(17)25/h5-13,19,21,23-25H,4H2,1-3H3/p+1. The zero-order valence-electron chi connectivity index (χ0n) is 15.0. The number of halogens is 1. The van der Waals surface area contributed by atoms with Crippen LogP contribution in [0.2, 0.25) is 0 Å². The van der Waals surface area contributed by atoms with Crippen LogP contribution in [-0.2, 0) is 6.42 Å². The molecule has 132 valence electrons. The Morgan fingerprint density at radius 3 is 2.52 bits per heavy atom. The molecular formula is C21H26BrN2O+. The molecule has 0 aromatic heterocycles. The molecule has 2 aromatic carbocycles. The maximum Gasteiger partial charge on any atom is 0.162 e. The van der Waals surface area contributed by atoms with Crippen LogP contribution in [0.5, 0.6) is 5.75 Å². The monoisotopic (exact) mass is 401 g/mol. The van der Waals surface area contributed by atoms with Crippen LogP contribution in [-0.4, -0.2) is 11.3 Å². The van der Waals surface area contributed by atoms with Gasteiger partial charge in [-0.05, 0) is 35.7 Å². The molecule has 4 N–H and O–H groups in total. The Kier molecular flexibility index (Phi) is 5.50. The van der Waals surface area contributed by atoms with Crippen molar-refractivity contribution in [2.45, 2.75) is 39.4 Å². The maximum atomic E-state index is 10.3. The fourth-order valence-electron chi connectivity index (χ4n) is 3.21. The van der Waals surface area contributed by atoms with E-state index >= 15 is 0 Å². The van der Waals surface area contributed by atoms with Gasteiger partial charge in [0.05, 0.1) is 5.56 Å². The Morgan fingerprint density at radius 2 is 1.88 bits per heavy atom. The second-order valence-corrected chi connectivity index (χ2v) is 7.88. The van der Waals surface area contributed by atoms with Gasteiger partial charge in [-0.3, -0.25) is 0 Å². The van der Waals surface area contributed by atoms with E-state index in [4.69, 9.17) is 0 Å². The summed E-state index contributed by atoms with van der Waals surface area (Å²) in [5, 5.41) is 16.3. The van der Waals surface area contributed by atoms with Crippen molar-refractivity contribution in [3.8, 4) is 5.75 Å². The number of benzene rings is 2. The summed E-state index contributed by atoms with van der Waals surface area (Å²) in [5.41, 5.74) is 4.60. The summed E-state index contributed by atoms with van der Waals surface area (Å²) in [6.07, 6.45) is 3.51.